The molecule has 0 saturated carbocycles. The molecule has 0 amide bonds. The molecule has 0 unspecified atom stereocenters. The van der Waals surface area contributed by atoms with E-state index in [1.165, 1.54) is 6.07 Å². The monoisotopic (exact) mass is 287 g/mol. The molecule has 0 bridgehead atoms. The molecule has 0 aliphatic heterocycles. The lowest BCUT2D eigenvalue weighted by Crippen LogP contribution is -2.18. The van der Waals surface area contributed by atoms with Crippen molar-refractivity contribution < 1.29 is 10.0 Å². The van der Waals surface area contributed by atoms with E-state index in [1.807, 2.05) is 12.1 Å². The quantitative estimate of drug-likeness (QED) is 0.675. The van der Waals surface area contributed by atoms with E-state index in [0.29, 0.717) is 17.8 Å². The fourth-order valence-corrected chi connectivity index (χ4v) is 2.12. The van der Waals surface area contributed by atoms with Crippen LogP contribution in [0.5, 0.6) is 0 Å². The van der Waals surface area contributed by atoms with Gasteiger partial charge in [-0.25, -0.2) is 0 Å². The van der Waals surface area contributed by atoms with Gasteiger partial charge >= 0.3 is 0 Å². The minimum Gasteiger partial charge on any atom is -0.389 e. The lowest BCUT2D eigenvalue weighted by molar-refractivity contribution is -0.384. The van der Waals surface area contributed by atoms with Gasteiger partial charge in [-0.1, -0.05) is 6.07 Å². The van der Waals surface area contributed by atoms with Crippen LogP contribution in [0.15, 0.2) is 42.7 Å². The molecular formula is C15H17N3O3. The first-order chi connectivity index (χ1) is 9.99. The standard InChI is InChI=1S/C15H17N3O3/c1-11(19)13-3-4-14(15(9-13)18(20)21)17(2)10-12-5-7-16-8-6-12/h3-9,11,19H,10H2,1-2H3/t11-/m1/s1. The number of nitrogens with zero attached hydrogens (tertiary/aromatic N) is 3. The molecule has 0 radical (unpaired) electrons. The number of aromatic nitrogens is 1. The number of nitro groups is 1. The number of aliphatic hydroxyl groups is 1. The number of rotatable bonds is 5. The van der Waals surface area contributed by atoms with Crippen molar-refractivity contribution in [3.8, 4) is 0 Å². The Morgan fingerprint density at radius 3 is 2.57 bits per heavy atom. The Morgan fingerprint density at radius 2 is 2.00 bits per heavy atom. The van der Waals surface area contributed by atoms with Crippen molar-refractivity contribution in [1.82, 2.24) is 4.98 Å². The molecule has 0 saturated heterocycles. The van der Waals surface area contributed by atoms with Crippen molar-refractivity contribution in [3.05, 3.63) is 64.0 Å². The SMILES string of the molecule is C[C@@H](O)c1ccc(N(C)Cc2ccncc2)c([N+](=O)[O-])c1. The van der Waals surface area contributed by atoms with Crippen molar-refractivity contribution in [1.29, 1.82) is 0 Å². The minimum absolute atomic E-state index is 0.00930. The number of benzene rings is 1. The molecule has 2 rings (SSSR count). The zero-order chi connectivity index (χ0) is 15.4. The second kappa shape index (κ2) is 6.32. The van der Waals surface area contributed by atoms with Crippen LogP contribution in [0.2, 0.25) is 0 Å². The lowest BCUT2D eigenvalue weighted by atomic mass is 10.1. The summed E-state index contributed by atoms with van der Waals surface area (Å²) in [6, 6.07) is 8.53. The molecule has 0 spiro atoms. The summed E-state index contributed by atoms with van der Waals surface area (Å²) in [5, 5.41) is 20.8. The van der Waals surface area contributed by atoms with Crippen LogP contribution in [-0.2, 0) is 6.54 Å². The summed E-state index contributed by atoms with van der Waals surface area (Å²) in [6.45, 7) is 2.12. The van der Waals surface area contributed by atoms with Crippen molar-refractivity contribution >= 4 is 11.4 Å². The van der Waals surface area contributed by atoms with Gasteiger partial charge in [-0.15, -0.1) is 0 Å². The summed E-state index contributed by atoms with van der Waals surface area (Å²) in [4.78, 5) is 16.6. The van der Waals surface area contributed by atoms with Gasteiger partial charge in [0.2, 0.25) is 0 Å². The Labute approximate surface area is 122 Å². The first-order valence-corrected chi connectivity index (χ1v) is 6.55. The summed E-state index contributed by atoms with van der Waals surface area (Å²) < 4.78 is 0. The van der Waals surface area contributed by atoms with Gasteiger partial charge in [0.1, 0.15) is 5.69 Å². The van der Waals surface area contributed by atoms with Crippen LogP contribution in [0, 0.1) is 10.1 Å². The predicted molar refractivity (Wildman–Crippen MR) is 80.1 cm³/mol. The van der Waals surface area contributed by atoms with Crippen LogP contribution in [0.25, 0.3) is 0 Å². The molecule has 0 aliphatic carbocycles. The highest BCUT2D eigenvalue weighted by Gasteiger charge is 2.19. The molecule has 1 heterocycles. The smallest absolute Gasteiger partial charge is 0.292 e. The fourth-order valence-electron chi connectivity index (χ4n) is 2.12. The van der Waals surface area contributed by atoms with E-state index >= 15 is 0 Å². The molecular weight excluding hydrogens is 270 g/mol. The molecule has 1 N–H and O–H groups in total. The number of anilines is 1. The topological polar surface area (TPSA) is 79.5 Å². The zero-order valence-corrected chi connectivity index (χ0v) is 11.9. The van der Waals surface area contributed by atoms with Crippen LogP contribution in [0.4, 0.5) is 11.4 Å². The maximum absolute atomic E-state index is 11.2. The number of nitro benzene ring substituents is 1. The van der Waals surface area contributed by atoms with Gasteiger partial charge < -0.3 is 10.0 Å². The molecule has 21 heavy (non-hydrogen) atoms. The molecule has 1 aromatic heterocycles. The van der Waals surface area contributed by atoms with Crippen molar-refractivity contribution in [3.63, 3.8) is 0 Å². The maximum Gasteiger partial charge on any atom is 0.292 e. The summed E-state index contributed by atoms with van der Waals surface area (Å²) in [6.07, 6.45) is 2.64. The highest BCUT2D eigenvalue weighted by Crippen LogP contribution is 2.31. The Morgan fingerprint density at radius 1 is 1.33 bits per heavy atom. The third kappa shape index (κ3) is 3.55. The summed E-state index contributed by atoms with van der Waals surface area (Å²) >= 11 is 0. The minimum atomic E-state index is -0.733. The number of hydrogen-bond acceptors (Lipinski definition) is 5. The highest BCUT2D eigenvalue weighted by atomic mass is 16.6. The van der Waals surface area contributed by atoms with Gasteiger partial charge in [-0.2, -0.15) is 0 Å². The second-order valence-electron chi connectivity index (χ2n) is 4.89. The molecule has 2 aromatic rings. The van der Waals surface area contributed by atoms with Crippen LogP contribution in [-0.4, -0.2) is 22.1 Å². The van der Waals surface area contributed by atoms with Crippen LogP contribution in [0.3, 0.4) is 0 Å². The molecule has 110 valence electrons. The van der Waals surface area contributed by atoms with Gasteiger partial charge in [-0.05, 0) is 36.2 Å². The third-order valence-electron chi connectivity index (χ3n) is 3.26. The molecule has 6 heteroatoms. The van der Waals surface area contributed by atoms with E-state index in [0.717, 1.165) is 5.56 Å². The van der Waals surface area contributed by atoms with Crippen molar-refractivity contribution in [2.24, 2.45) is 0 Å². The number of pyridine rings is 1. The molecule has 1 atom stereocenters. The van der Waals surface area contributed by atoms with Gasteiger partial charge in [0.05, 0.1) is 11.0 Å². The Bertz CT molecular complexity index is 629. The molecule has 0 fully saturated rings. The van der Waals surface area contributed by atoms with E-state index in [1.54, 1.807) is 43.4 Å². The van der Waals surface area contributed by atoms with Crippen molar-refractivity contribution in [2.75, 3.05) is 11.9 Å². The van der Waals surface area contributed by atoms with Crippen LogP contribution in [0.1, 0.15) is 24.2 Å². The third-order valence-corrected chi connectivity index (χ3v) is 3.26. The molecule has 6 nitrogen and oxygen atoms in total. The van der Waals surface area contributed by atoms with Gasteiger partial charge in [0.15, 0.2) is 0 Å². The molecule has 0 aliphatic rings. The summed E-state index contributed by atoms with van der Waals surface area (Å²) in [5.41, 5.74) is 2.05. The predicted octanol–water partition coefficient (Wildman–Crippen LogP) is 2.68. The van der Waals surface area contributed by atoms with Gasteiger partial charge in [-0.3, -0.25) is 15.1 Å². The van der Waals surface area contributed by atoms with Crippen LogP contribution < -0.4 is 4.90 Å². The first-order valence-electron chi connectivity index (χ1n) is 6.55. The van der Waals surface area contributed by atoms with Crippen LogP contribution >= 0.6 is 0 Å². The normalized spacial score (nSPS) is 12.0. The average molecular weight is 287 g/mol. The largest absolute Gasteiger partial charge is 0.389 e. The first kappa shape index (κ1) is 14.9. The Hall–Kier alpha value is -2.47. The Balaban J connectivity index is 2.32. The van der Waals surface area contributed by atoms with Crippen molar-refractivity contribution in [2.45, 2.75) is 19.6 Å². The second-order valence-corrected chi connectivity index (χ2v) is 4.89. The van der Waals surface area contributed by atoms with E-state index in [2.05, 4.69) is 4.98 Å². The Kier molecular flexibility index (Phi) is 4.49. The highest BCUT2D eigenvalue weighted by molar-refractivity contribution is 5.64. The molecule has 1 aromatic carbocycles. The lowest BCUT2D eigenvalue weighted by Gasteiger charge is -2.20. The van der Waals surface area contributed by atoms with E-state index in [4.69, 9.17) is 0 Å². The van der Waals surface area contributed by atoms with Gasteiger partial charge in [0, 0.05) is 32.1 Å². The van der Waals surface area contributed by atoms with E-state index < -0.39 is 11.0 Å². The zero-order valence-electron chi connectivity index (χ0n) is 11.9. The number of hydrogen-bond donors (Lipinski definition) is 1. The summed E-state index contributed by atoms with van der Waals surface area (Å²) in [7, 11) is 1.80. The average Bonchev–Trinajstić information content (AvgIpc) is 2.47. The summed E-state index contributed by atoms with van der Waals surface area (Å²) in [5.74, 6) is 0. The maximum atomic E-state index is 11.2. The van der Waals surface area contributed by atoms with Gasteiger partial charge in [0.25, 0.3) is 5.69 Å². The van der Waals surface area contributed by atoms with E-state index in [-0.39, 0.29) is 5.69 Å². The number of aliphatic hydroxyl groups excluding tert-OH is 1. The van der Waals surface area contributed by atoms with E-state index in [9.17, 15) is 15.2 Å². The fraction of sp³-hybridized carbons (Fsp3) is 0.267.